The smallest absolute Gasteiger partial charge is 0.356 e. The molecular weight excluding hydrogens is 387 g/mol. The van der Waals surface area contributed by atoms with Crippen LogP contribution in [0.15, 0.2) is 30.9 Å². The Bertz CT molecular complexity index is 1050. The summed E-state index contributed by atoms with van der Waals surface area (Å²) in [6.45, 7) is 3.59. The van der Waals surface area contributed by atoms with E-state index in [-0.39, 0.29) is 17.4 Å². The van der Waals surface area contributed by atoms with Gasteiger partial charge in [-0.25, -0.2) is 19.9 Å². The summed E-state index contributed by atoms with van der Waals surface area (Å²) in [5.74, 6) is 1.21. The largest absolute Gasteiger partial charge is 0.434 e. The van der Waals surface area contributed by atoms with Crippen molar-refractivity contribution in [3.8, 4) is 11.5 Å². The van der Waals surface area contributed by atoms with E-state index in [1.54, 1.807) is 12.3 Å². The van der Waals surface area contributed by atoms with Crippen LogP contribution in [0.5, 0.6) is 0 Å². The van der Waals surface area contributed by atoms with Crippen LogP contribution in [0.3, 0.4) is 0 Å². The maximum absolute atomic E-state index is 13.0. The summed E-state index contributed by atoms with van der Waals surface area (Å²) in [7, 11) is 0. The first kappa shape index (κ1) is 19.1. The van der Waals surface area contributed by atoms with E-state index >= 15 is 0 Å². The lowest BCUT2D eigenvalue weighted by atomic mass is 10.1. The molecule has 152 valence electrons. The number of carbonyl (C=O) groups is 1. The molecule has 1 fully saturated rings. The highest BCUT2D eigenvalue weighted by atomic mass is 19.4. The highest BCUT2D eigenvalue weighted by molar-refractivity contribution is 5.72. The second-order valence-electron chi connectivity index (χ2n) is 6.92. The average Bonchev–Trinajstić information content (AvgIpc) is 3.32. The first-order valence-electron chi connectivity index (χ1n) is 9.04. The molecule has 4 heterocycles. The molecule has 0 saturated carbocycles. The fourth-order valence-electron chi connectivity index (χ4n) is 3.35. The van der Waals surface area contributed by atoms with E-state index in [1.165, 1.54) is 17.5 Å². The number of imidazole rings is 1. The highest BCUT2D eigenvalue weighted by Crippen LogP contribution is 2.29. The first-order valence-corrected chi connectivity index (χ1v) is 9.04. The van der Waals surface area contributed by atoms with Gasteiger partial charge in [0.05, 0.1) is 12.4 Å². The zero-order chi connectivity index (χ0) is 20.6. The van der Waals surface area contributed by atoms with Crippen LogP contribution in [0.2, 0.25) is 0 Å². The molecule has 8 nitrogen and oxygen atoms in total. The summed E-state index contributed by atoms with van der Waals surface area (Å²) >= 11 is 0. The van der Waals surface area contributed by atoms with Gasteiger partial charge in [0, 0.05) is 39.0 Å². The number of amides is 1. The summed E-state index contributed by atoms with van der Waals surface area (Å²) in [5.41, 5.74) is -0.386. The molecule has 0 bridgehead atoms. The number of anilines is 1. The van der Waals surface area contributed by atoms with Gasteiger partial charge >= 0.3 is 6.18 Å². The van der Waals surface area contributed by atoms with E-state index in [9.17, 15) is 18.0 Å². The molecule has 0 radical (unpaired) electrons. The van der Waals surface area contributed by atoms with Crippen molar-refractivity contribution in [3.05, 3.63) is 36.5 Å². The number of nitrogens with zero attached hydrogens (tertiary/aromatic N) is 6. The zero-order valence-corrected chi connectivity index (χ0v) is 15.5. The Morgan fingerprint density at radius 2 is 2.10 bits per heavy atom. The molecule has 0 aromatic carbocycles. The Morgan fingerprint density at radius 3 is 2.86 bits per heavy atom. The summed E-state index contributed by atoms with van der Waals surface area (Å²) in [6, 6.07) is 1.76. The minimum Gasteiger partial charge on any atom is -0.356 e. The molecule has 29 heavy (non-hydrogen) atoms. The van der Waals surface area contributed by atoms with E-state index in [1.807, 2.05) is 0 Å². The van der Waals surface area contributed by atoms with E-state index in [0.717, 1.165) is 31.9 Å². The van der Waals surface area contributed by atoms with Crippen LogP contribution in [0, 0.1) is 5.92 Å². The fourth-order valence-corrected chi connectivity index (χ4v) is 3.35. The minimum absolute atomic E-state index is 0.0619. The molecule has 1 N–H and O–H groups in total. The van der Waals surface area contributed by atoms with Crippen molar-refractivity contribution in [1.29, 1.82) is 0 Å². The number of carbonyl (C=O) groups excluding carboxylic acids is 1. The van der Waals surface area contributed by atoms with Gasteiger partial charge in [-0.2, -0.15) is 13.2 Å². The maximum atomic E-state index is 13.0. The molecule has 0 spiro atoms. The van der Waals surface area contributed by atoms with Crippen LogP contribution in [0.1, 0.15) is 19.0 Å². The minimum atomic E-state index is -4.56. The van der Waals surface area contributed by atoms with E-state index in [4.69, 9.17) is 0 Å². The van der Waals surface area contributed by atoms with Gasteiger partial charge in [-0.1, -0.05) is 0 Å². The fraction of sp³-hybridized carbons (Fsp3) is 0.389. The van der Waals surface area contributed by atoms with Gasteiger partial charge in [0.25, 0.3) is 0 Å². The Hall–Kier alpha value is -3.24. The lowest BCUT2D eigenvalue weighted by Gasteiger charge is -2.18. The molecule has 1 unspecified atom stereocenters. The summed E-state index contributed by atoms with van der Waals surface area (Å²) in [5, 5.41) is 2.82. The summed E-state index contributed by atoms with van der Waals surface area (Å²) in [6.07, 6.45) is 1.33. The Balaban J connectivity index is 1.60. The molecule has 11 heteroatoms. The molecule has 1 atom stereocenters. The lowest BCUT2D eigenvalue weighted by molar-refractivity contribution is -0.141. The number of fused-ring (bicyclic) bond motifs is 1. The van der Waals surface area contributed by atoms with Gasteiger partial charge in [-0.05, 0) is 18.4 Å². The maximum Gasteiger partial charge on any atom is 0.434 e. The summed E-state index contributed by atoms with van der Waals surface area (Å²) in [4.78, 5) is 29.4. The van der Waals surface area contributed by atoms with Gasteiger partial charge in [0.15, 0.2) is 17.2 Å². The monoisotopic (exact) mass is 405 g/mol. The van der Waals surface area contributed by atoms with Crippen molar-refractivity contribution in [1.82, 2.24) is 29.7 Å². The van der Waals surface area contributed by atoms with Crippen molar-refractivity contribution in [3.63, 3.8) is 0 Å². The molecule has 3 aromatic rings. The topological polar surface area (TPSA) is 88.3 Å². The second kappa shape index (κ2) is 7.30. The van der Waals surface area contributed by atoms with Crippen molar-refractivity contribution < 1.29 is 18.0 Å². The normalized spacial score (nSPS) is 17.1. The highest BCUT2D eigenvalue weighted by Gasteiger charge is 2.33. The van der Waals surface area contributed by atoms with Gasteiger partial charge < -0.3 is 10.2 Å². The van der Waals surface area contributed by atoms with Crippen molar-refractivity contribution in [2.45, 2.75) is 19.5 Å². The molecule has 3 aromatic heterocycles. The first-order chi connectivity index (χ1) is 13.8. The number of rotatable bonds is 4. The second-order valence-corrected chi connectivity index (χ2v) is 6.92. The van der Waals surface area contributed by atoms with Crippen LogP contribution in [-0.2, 0) is 11.0 Å². The van der Waals surface area contributed by atoms with Gasteiger partial charge in [-0.3, -0.25) is 9.20 Å². The molecule has 1 aliphatic rings. The number of aromatic nitrogens is 5. The van der Waals surface area contributed by atoms with Gasteiger partial charge in [-0.15, -0.1) is 0 Å². The Morgan fingerprint density at radius 1 is 1.28 bits per heavy atom. The molecule has 1 amide bonds. The lowest BCUT2D eigenvalue weighted by Crippen LogP contribution is -2.29. The van der Waals surface area contributed by atoms with Crippen LogP contribution < -0.4 is 10.2 Å². The third-order valence-electron chi connectivity index (χ3n) is 4.81. The number of alkyl halides is 3. The number of halogens is 3. The number of hydrogen-bond acceptors (Lipinski definition) is 6. The van der Waals surface area contributed by atoms with Crippen LogP contribution >= 0.6 is 0 Å². The van der Waals surface area contributed by atoms with Gasteiger partial charge in [0.1, 0.15) is 11.5 Å². The predicted molar refractivity (Wildman–Crippen MR) is 98.0 cm³/mol. The predicted octanol–water partition coefficient (Wildman–Crippen LogP) is 2.17. The van der Waals surface area contributed by atoms with Gasteiger partial charge in [0.2, 0.25) is 5.91 Å². The zero-order valence-electron chi connectivity index (χ0n) is 15.5. The third-order valence-corrected chi connectivity index (χ3v) is 4.81. The molecule has 0 aliphatic carbocycles. The van der Waals surface area contributed by atoms with E-state index in [2.05, 4.69) is 30.2 Å². The van der Waals surface area contributed by atoms with Crippen LogP contribution in [0.4, 0.5) is 19.0 Å². The molecule has 4 rings (SSSR count). The van der Waals surface area contributed by atoms with Crippen molar-refractivity contribution in [2.24, 2.45) is 5.92 Å². The average molecular weight is 405 g/mol. The molecule has 1 aliphatic heterocycles. The van der Waals surface area contributed by atoms with Crippen molar-refractivity contribution in [2.75, 3.05) is 24.5 Å². The molecular formula is C18H18F3N7O. The quantitative estimate of drug-likeness (QED) is 0.716. The van der Waals surface area contributed by atoms with E-state index < -0.39 is 11.9 Å². The SMILES string of the molecule is CC(=O)NCC1CCN(c2ccnc(-c3cnc4cnc(C(F)(F)F)cn34)n2)C1. The number of hydrogen-bond donors (Lipinski definition) is 1. The van der Waals surface area contributed by atoms with Crippen molar-refractivity contribution >= 4 is 17.4 Å². The number of nitrogens with one attached hydrogen (secondary N) is 1. The summed E-state index contributed by atoms with van der Waals surface area (Å²) < 4.78 is 40.3. The van der Waals surface area contributed by atoms with E-state index in [0.29, 0.717) is 24.0 Å². The van der Waals surface area contributed by atoms with Crippen LogP contribution in [-0.4, -0.2) is 49.9 Å². The molecule has 1 saturated heterocycles. The Kier molecular flexibility index (Phi) is 4.81. The third kappa shape index (κ3) is 3.98. The Labute approximate surface area is 163 Å². The van der Waals surface area contributed by atoms with Crippen LogP contribution in [0.25, 0.3) is 17.2 Å². The standard InChI is InChI=1S/C18H18F3N7O/c1-11(29)23-6-12-3-5-27(9-12)15-2-4-22-17(26-15)13-7-25-16-8-24-14(10-28(13)16)18(19,20)21/h2,4,7-8,10,12H,3,5-6,9H2,1H3,(H,23,29).